The molecule has 108 valence electrons. The van der Waals surface area contributed by atoms with Crippen molar-refractivity contribution in [2.45, 2.75) is 31.2 Å². The van der Waals surface area contributed by atoms with E-state index < -0.39 is 11.5 Å². The standard InChI is InChI=1S/C16H16N2O3/c19-14(18-16(15(20)21)7-3-4-8-16)13-10-17-9-11-5-1-2-6-12(11)13/h1-2,5-6,9-10H,3-4,7-8H2,(H,18,19)(H,20,21). The summed E-state index contributed by atoms with van der Waals surface area (Å²) in [4.78, 5) is 28.1. The molecule has 0 saturated heterocycles. The van der Waals surface area contributed by atoms with E-state index in [2.05, 4.69) is 10.3 Å². The number of carboxylic acids is 1. The van der Waals surface area contributed by atoms with Crippen molar-refractivity contribution in [1.82, 2.24) is 10.3 Å². The number of nitrogens with one attached hydrogen (secondary N) is 1. The summed E-state index contributed by atoms with van der Waals surface area (Å²) in [6, 6.07) is 7.44. The molecule has 1 aliphatic carbocycles. The van der Waals surface area contributed by atoms with E-state index in [9.17, 15) is 14.7 Å². The van der Waals surface area contributed by atoms with Crippen LogP contribution in [0, 0.1) is 0 Å². The number of carbonyl (C=O) groups excluding carboxylic acids is 1. The lowest BCUT2D eigenvalue weighted by atomic mass is 9.96. The monoisotopic (exact) mass is 284 g/mol. The van der Waals surface area contributed by atoms with Gasteiger partial charge < -0.3 is 10.4 Å². The molecule has 1 amide bonds. The van der Waals surface area contributed by atoms with Gasteiger partial charge in [0.05, 0.1) is 5.56 Å². The molecule has 0 radical (unpaired) electrons. The van der Waals surface area contributed by atoms with Gasteiger partial charge in [-0.25, -0.2) is 4.79 Å². The smallest absolute Gasteiger partial charge is 0.329 e. The van der Waals surface area contributed by atoms with Gasteiger partial charge >= 0.3 is 5.97 Å². The molecule has 5 nitrogen and oxygen atoms in total. The van der Waals surface area contributed by atoms with E-state index in [4.69, 9.17) is 0 Å². The minimum Gasteiger partial charge on any atom is -0.480 e. The number of rotatable bonds is 3. The fourth-order valence-corrected chi connectivity index (χ4v) is 2.95. The predicted octanol–water partition coefficient (Wildman–Crippen LogP) is 2.36. The third-order valence-corrected chi connectivity index (χ3v) is 4.13. The highest BCUT2D eigenvalue weighted by atomic mass is 16.4. The maximum atomic E-state index is 12.5. The van der Waals surface area contributed by atoms with Crippen molar-refractivity contribution in [3.8, 4) is 0 Å². The van der Waals surface area contributed by atoms with E-state index in [1.165, 1.54) is 6.20 Å². The highest BCUT2D eigenvalue weighted by Gasteiger charge is 2.42. The highest BCUT2D eigenvalue weighted by Crippen LogP contribution is 2.30. The maximum Gasteiger partial charge on any atom is 0.329 e. The Kier molecular flexibility index (Phi) is 3.33. The Labute approximate surface area is 122 Å². The van der Waals surface area contributed by atoms with Crippen LogP contribution in [0.15, 0.2) is 36.7 Å². The number of benzene rings is 1. The minimum atomic E-state index is -1.13. The molecule has 0 aliphatic heterocycles. The van der Waals surface area contributed by atoms with Gasteiger partial charge in [0.25, 0.3) is 5.91 Å². The van der Waals surface area contributed by atoms with Crippen molar-refractivity contribution in [1.29, 1.82) is 0 Å². The maximum absolute atomic E-state index is 12.5. The number of hydrogen-bond donors (Lipinski definition) is 2. The number of fused-ring (bicyclic) bond motifs is 1. The van der Waals surface area contributed by atoms with Gasteiger partial charge in [0.1, 0.15) is 5.54 Å². The predicted molar refractivity (Wildman–Crippen MR) is 78.0 cm³/mol. The summed E-state index contributed by atoms with van der Waals surface area (Å²) in [7, 11) is 0. The number of carboxylic acid groups (broad SMARTS) is 1. The fraction of sp³-hybridized carbons (Fsp3) is 0.312. The summed E-state index contributed by atoms with van der Waals surface area (Å²) in [6.45, 7) is 0. The molecule has 0 bridgehead atoms. The fourth-order valence-electron chi connectivity index (χ4n) is 2.95. The van der Waals surface area contributed by atoms with Gasteiger partial charge in [-0.05, 0) is 18.2 Å². The average molecular weight is 284 g/mol. The molecule has 0 spiro atoms. The van der Waals surface area contributed by atoms with Crippen molar-refractivity contribution in [2.24, 2.45) is 0 Å². The third kappa shape index (κ3) is 2.35. The molecule has 2 N–H and O–H groups in total. The number of pyridine rings is 1. The zero-order chi connectivity index (χ0) is 14.9. The van der Waals surface area contributed by atoms with E-state index >= 15 is 0 Å². The number of aliphatic carboxylic acids is 1. The lowest BCUT2D eigenvalue weighted by molar-refractivity contribution is -0.144. The molecule has 1 heterocycles. The van der Waals surface area contributed by atoms with Gasteiger partial charge in [-0.1, -0.05) is 37.1 Å². The van der Waals surface area contributed by atoms with E-state index in [0.29, 0.717) is 18.4 Å². The zero-order valence-corrected chi connectivity index (χ0v) is 11.5. The summed E-state index contributed by atoms with van der Waals surface area (Å²) in [5.74, 6) is -1.33. The molecule has 0 unspecified atom stereocenters. The van der Waals surface area contributed by atoms with Crippen molar-refractivity contribution < 1.29 is 14.7 Å². The number of nitrogens with zero attached hydrogens (tertiary/aromatic N) is 1. The molecule has 5 heteroatoms. The van der Waals surface area contributed by atoms with Gasteiger partial charge in [-0.2, -0.15) is 0 Å². The van der Waals surface area contributed by atoms with Crippen molar-refractivity contribution in [3.05, 3.63) is 42.2 Å². The van der Waals surface area contributed by atoms with Crippen LogP contribution in [0.4, 0.5) is 0 Å². The molecule has 21 heavy (non-hydrogen) atoms. The normalized spacial score (nSPS) is 16.8. The minimum absolute atomic E-state index is 0.372. The molecule has 1 fully saturated rings. The molecule has 1 aromatic carbocycles. The Morgan fingerprint density at radius 2 is 1.86 bits per heavy atom. The van der Waals surface area contributed by atoms with Crippen LogP contribution in [0.1, 0.15) is 36.0 Å². The molecular weight excluding hydrogens is 268 g/mol. The van der Waals surface area contributed by atoms with Gasteiger partial charge in [0, 0.05) is 17.8 Å². The quantitative estimate of drug-likeness (QED) is 0.906. The Balaban J connectivity index is 1.96. The number of hydrogen-bond acceptors (Lipinski definition) is 3. The van der Waals surface area contributed by atoms with E-state index in [1.54, 1.807) is 6.20 Å². The van der Waals surface area contributed by atoms with Crippen LogP contribution in [-0.4, -0.2) is 27.5 Å². The molecular formula is C16H16N2O3. The second-order valence-electron chi connectivity index (χ2n) is 5.46. The number of carbonyl (C=O) groups is 2. The first-order valence-corrected chi connectivity index (χ1v) is 7.01. The average Bonchev–Trinajstić information content (AvgIpc) is 2.96. The van der Waals surface area contributed by atoms with E-state index in [1.807, 2.05) is 24.3 Å². The number of amides is 1. The van der Waals surface area contributed by atoms with Gasteiger partial charge in [-0.3, -0.25) is 9.78 Å². The molecule has 2 aromatic rings. The van der Waals surface area contributed by atoms with Crippen LogP contribution in [0.2, 0.25) is 0 Å². The van der Waals surface area contributed by atoms with Crippen LogP contribution in [0.3, 0.4) is 0 Å². The Hall–Kier alpha value is -2.43. The van der Waals surface area contributed by atoms with E-state index in [0.717, 1.165) is 23.6 Å². The van der Waals surface area contributed by atoms with Crippen molar-refractivity contribution in [2.75, 3.05) is 0 Å². The lowest BCUT2D eigenvalue weighted by Crippen LogP contribution is -2.52. The van der Waals surface area contributed by atoms with Crippen LogP contribution >= 0.6 is 0 Å². The molecule has 1 aromatic heterocycles. The van der Waals surface area contributed by atoms with Gasteiger partial charge in [0.2, 0.25) is 0 Å². The molecule has 1 saturated carbocycles. The van der Waals surface area contributed by atoms with Crippen LogP contribution < -0.4 is 5.32 Å². The topological polar surface area (TPSA) is 79.3 Å². The summed E-state index contributed by atoms with van der Waals surface area (Å²) in [5, 5.41) is 13.8. The highest BCUT2D eigenvalue weighted by molar-refractivity contribution is 6.07. The Bertz CT molecular complexity index is 700. The first kappa shape index (κ1) is 13.5. The molecule has 3 rings (SSSR count). The first-order valence-electron chi connectivity index (χ1n) is 7.01. The van der Waals surface area contributed by atoms with Crippen LogP contribution in [-0.2, 0) is 4.79 Å². The second-order valence-corrected chi connectivity index (χ2v) is 5.46. The van der Waals surface area contributed by atoms with E-state index in [-0.39, 0.29) is 5.91 Å². The Morgan fingerprint density at radius 3 is 2.57 bits per heavy atom. The largest absolute Gasteiger partial charge is 0.480 e. The van der Waals surface area contributed by atoms with Gasteiger partial charge in [0.15, 0.2) is 0 Å². The third-order valence-electron chi connectivity index (χ3n) is 4.13. The van der Waals surface area contributed by atoms with Gasteiger partial charge in [-0.15, -0.1) is 0 Å². The van der Waals surface area contributed by atoms with Crippen molar-refractivity contribution in [3.63, 3.8) is 0 Å². The summed E-state index contributed by atoms with van der Waals surface area (Å²) >= 11 is 0. The number of aromatic nitrogens is 1. The Morgan fingerprint density at radius 1 is 1.14 bits per heavy atom. The summed E-state index contributed by atoms with van der Waals surface area (Å²) in [6.07, 6.45) is 5.77. The second kappa shape index (κ2) is 5.16. The van der Waals surface area contributed by atoms with Crippen molar-refractivity contribution >= 4 is 22.6 Å². The first-order chi connectivity index (χ1) is 10.1. The zero-order valence-electron chi connectivity index (χ0n) is 11.5. The molecule has 0 atom stereocenters. The van der Waals surface area contributed by atoms with Crippen LogP contribution in [0.5, 0.6) is 0 Å². The lowest BCUT2D eigenvalue weighted by Gasteiger charge is -2.25. The summed E-state index contributed by atoms with van der Waals surface area (Å²) in [5.41, 5.74) is -0.714. The summed E-state index contributed by atoms with van der Waals surface area (Å²) < 4.78 is 0. The SMILES string of the molecule is O=C(NC1(C(=O)O)CCCC1)c1cncc2ccccc12. The molecule has 1 aliphatic rings. The van der Waals surface area contributed by atoms with Crippen LogP contribution in [0.25, 0.3) is 10.8 Å².